The van der Waals surface area contributed by atoms with Crippen molar-refractivity contribution in [2.45, 2.75) is 38.8 Å². The van der Waals surface area contributed by atoms with E-state index in [0.29, 0.717) is 35.9 Å². The lowest BCUT2D eigenvalue weighted by Gasteiger charge is -2.35. The summed E-state index contributed by atoms with van der Waals surface area (Å²) < 4.78 is 45.6. The molecule has 1 aliphatic rings. The summed E-state index contributed by atoms with van der Waals surface area (Å²) in [5.41, 5.74) is -0.403. The number of anilines is 2. The van der Waals surface area contributed by atoms with Gasteiger partial charge in [0.05, 0.1) is 17.6 Å². The molecule has 1 saturated heterocycles. The first-order valence-corrected chi connectivity index (χ1v) is 9.59. The summed E-state index contributed by atoms with van der Waals surface area (Å²) in [6, 6.07) is 6.40. The Hall–Kier alpha value is -3.01. The third-order valence-corrected chi connectivity index (χ3v) is 4.77. The fraction of sp³-hybridized carbons (Fsp3) is 0.400. The van der Waals surface area contributed by atoms with Crippen molar-refractivity contribution >= 4 is 22.8 Å². The summed E-state index contributed by atoms with van der Waals surface area (Å²) in [5.74, 6) is 0.889. The van der Waals surface area contributed by atoms with Gasteiger partial charge in [0.25, 0.3) is 0 Å². The Kier molecular flexibility index (Phi) is 5.42. The number of aromatic nitrogens is 4. The first-order valence-electron chi connectivity index (χ1n) is 9.59. The van der Waals surface area contributed by atoms with Crippen LogP contribution in [0.3, 0.4) is 0 Å². The van der Waals surface area contributed by atoms with Crippen LogP contribution in [0.15, 0.2) is 36.7 Å². The molecule has 0 amide bonds. The number of rotatable bonds is 4. The molecule has 0 radical (unpaired) electrons. The Labute approximate surface area is 171 Å². The summed E-state index contributed by atoms with van der Waals surface area (Å²) in [5, 5.41) is 3.66. The van der Waals surface area contributed by atoms with Gasteiger partial charge >= 0.3 is 6.18 Å². The molecule has 3 aromatic rings. The van der Waals surface area contributed by atoms with Gasteiger partial charge in [0, 0.05) is 37.6 Å². The van der Waals surface area contributed by atoms with Crippen LogP contribution in [0.2, 0.25) is 0 Å². The molecule has 0 spiro atoms. The maximum Gasteiger partial charge on any atom is 0.433 e. The van der Waals surface area contributed by atoms with Crippen molar-refractivity contribution in [3.63, 3.8) is 0 Å². The van der Waals surface area contributed by atoms with Gasteiger partial charge in [-0.15, -0.1) is 0 Å². The summed E-state index contributed by atoms with van der Waals surface area (Å²) in [4.78, 5) is 19.0. The third-order valence-electron chi connectivity index (χ3n) is 4.77. The van der Waals surface area contributed by atoms with Crippen LogP contribution < -0.4 is 10.2 Å². The Bertz CT molecular complexity index is 1030. The van der Waals surface area contributed by atoms with Gasteiger partial charge in [-0.2, -0.15) is 23.1 Å². The molecular formula is C20H21F3N6O. The van der Waals surface area contributed by atoms with Crippen molar-refractivity contribution < 1.29 is 17.9 Å². The Balaban J connectivity index is 1.67. The number of ether oxygens (including phenoxy) is 1. The molecule has 1 fully saturated rings. The highest BCUT2D eigenvalue weighted by Gasteiger charge is 2.35. The first-order chi connectivity index (χ1) is 14.3. The highest BCUT2D eigenvalue weighted by molar-refractivity contribution is 5.87. The molecule has 7 nitrogen and oxygen atoms in total. The highest BCUT2D eigenvalue weighted by Crippen LogP contribution is 2.31. The number of hydrogen-bond acceptors (Lipinski definition) is 7. The van der Waals surface area contributed by atoms with Crippen LogP contribution >= 0.6 is 0 Å². The van der Waals surface area contributed by atoms with Crippen molar-refractivity contribution in [3.05, 3.63) is 47.9 Å². The molecule has 158 valence electrons. The van der Waals surface area contributed by atoms with Crippen LogP contribution in [-0.4, -0.2) is 45.2 Å². The lowest BCUT2D eigenvalue weighted by atomic mass is 10.2. The molecule has 2 atom stereocenters. The highest BCUT2D eigenvalue weighted by atomic mass is 19.4. The lowest BCUT2D eigenvalue weighted by molar-refractivity contribution is -0.141. The fourth-order valence-electron chi connectivity index (χ4n) is 3.58. The summed E-state index contributed by atoms with van der Waals surface area (Å²) in [7, 11) is 0. The fourth-order valence-corrected chi connectivity index (χ4v) is 3.58. The van der Waals surface area contributed by atoms with Gasteiger partial charge < -0.3 is 15.0 Å². The molecule has 0 aliphatic carbocycles. The number of halogens is 3. The van der Waals surface area contributed by atoms with Gasteiger partial charge in [0.15, 0.2) is 5.65 Å². The van der Waals surface area contributed by atoms with E-state index in [1.807, 2.05) is 18.7 Å². The molecule has 30 heavy (non-hydrogen) atoms. The topological polar surface area (TPSA) is 76.1 Å². The van der Waals surface area contributed by atoms with E-state index in [-0.39, 0.29) is 24.3 Å². The molecule has 0 bridgehead atoms. The number of morpholine rings is 1. The van der Waals surface area contributed by atoms with E-state index in [9.17, 15) is 13.2 Å². The monoisotopic (exact) mass is 418 g/mol. The van der Waals surface area contributed by atoms with Crippen molar-refractivity contribution in [1.29, 1.82) is 0 Å². The molecule has 4 heterocycles. The van der Waals surface area contributed by atoms with Crippen molar-refractivity contribution in [2.24, 2.45) is 0 Å². The van der Waals surface area contributed by atoms with Gasteiger partial charge in [0.2, 0.25) is 5.95 Å². The van der Waals surface area contributed by atoms with Crippen molar-refractivity contribution in [3.8, 4) is 0 Å². The second-order valence-electron chi connectivity index (χ2n) is 7.27. The molecular weight excluding hydrogens is 397 g/mol. The van der Waals surface area contributed by atoms with E-state index in [2.05, 4.69) is 25.3 Å². The number of nitrogens with zero attached hydrogens (tertiary/aromatic N) is 5. The van der Waals surface area contributed by atoms with Crippen LogP contribution in [-0.2, 0) is 17.5 Å². The third kappa shape index (κ3) is 4.28. The van der Waals surface area contributed by atoms with Gasteiger partial charge in [-0.3, -0.25) is 4.98 Å². The lowest BCUT2D eigenvalue weighted by Crippen LogP contribution is -2.46. The number of hydrogen-bond donors (Lipinski definition) is 1. The van der Waals surface area contributed by atoms with Gasteiger partial charge in [-0.05, 0) is 32.0 Å². The molecule has 10 heteroatoms. The molecule has 1 aliphatic heterocycles. The summed E-state index contributed by atoms with van der Waals surface area (Å²) in [6.07, 6.45) is -1.75. The van der Waals surface area contributed by atoms with Crippen LogP contribution in [0.5, 0.6) is 0 Å². The van der Waals surface area contributed by atoms with Crippen LogP contribution in [0, 0.1) is 0 Å². The zero-order valence-electron chi connectivity index (χ0n) is 16.5. The van der Waals surface area contributed by atoms with Gasteiger partial charge in [-0.1, -0.05) is 6.07 Å². The summed E-state index contributed by atoms with van der Waals surface area (Å²) in [6.45, 7) is 5.09. The van der Waals surface area contributed by atoms with E-state index in [4.69, 9.17) is 4.74 Å². The second kappa shape index (κ2) is 8.02. The maximum atomic E-state index is 13.3. The van der Waals surface area contributed by atoms with Crippen LogP contribution in [0.1, 0.15) is 25.1 Å². The molecule has 1 N–H and O–H groups in total. The number of pyridine rings is 2. The van der Waals surface area contributed by atoms with Crippen LogP contribution in [0.4, 0.5) is 24.9 Å². The van der Waals surface area contributed by atoms with Gasteiger partial charge in [-0.25, -0.2) is 4.98 Å². The smallest absolute Gasteiger partial charge is 0.372 e. The minimum absolute atomic E-state index is 0.0120. The molecule has 0 saturated carbocycles. The molecule has 3 aromatic heterocycles. The minimum atomic E-state index is -4.53. The average Bonchev–Trinajstić information content (AvgIpc) is 2.70. The normalized spacial score (nSPS) is 19.8. The first kappa shape index (κ1) is 20.3. The SMILES string of the molecule is CC1CN(c2nc(NCc3cccnc3C(F)(F)F)c3cccnc3n2)C[C@H](C)O1. The van der Waals surface area contributed by atoms with E-state index < -0.39 is 11.9 Å². The maximum absolute atomic E-state index is 13.3. The quantitative estimate of drug-likeness (QED) is 0.693. The predicted molar refractivity (Wildman–Crippen MR) is 106 cm³/mol. The average molecular weight is 418 g/mol. The Morgan fingerprint density at radius 1 is 1.07 bits per heavy atom. The molecule has 1 unspecified atom stereocenters. The van der Waals surface area contributed by atoms with Crippen molar-refractivity contribution in [2.75, 3.05) is 23.3 Å². The second-order valence-corrected chi connectivity index (χ2v) is 7.27. The number of alkyl halides is 3. The van der Waals surface area contributed by atoms with E-state index >= 15 is 0 Å². The minimum Gasteiger partial charge on any atom is -0.372 e. The molecule has 0 aromatic carbocycles. The Morgan fingerprint density at radius 3 is 2.50 bits per heavy atom. The van der Waals surface area contributed by atoms with Crippen molar-refractivity contribution in [1.82, 2.24) is 19.9 Å². The number of nitrogens with one attached hydrogen (secondary N) is 1. The summed E-state index contributed by atoms with van der Waals surface area (Å²) >= 11 is 0. The van der Waals surface area contributed by atoms with E-state index in [1.54, 1.807) is 18.3 Å². The van der Waals surface area contributed by atoms with Gasteiger partial charge in [0.1, 0.15) is 11.5 Å². The van der Waals surface area contributed by atoms with Crippen LogP contribution in [0.25, 0.3) is 11.0 Å². The Morgan fingerprint density at radius 2 is 1.77 bits per heavy atom. The molecule has 4 rings (SSSR count). The number of fused-ring (bicyclic) bond motifs is 1. The van der Waals surface area contributed by atoms with E-state index in [0.717, 1.165) is 6.20 Å². The van der Waals surface area contributed by atoms with E-state index in [1.165, 1.54) is 12.1 Å². The predicted octanol–water partition coefficient (Wildman–Crippen LogP) is 3.66. The largest absolute Gasteiger partial charge is 0.433 e. The zero-order chi connectivity index (χ0) is 21.3. The standard InChI is InChI=1S/C20H21F3N6O/c1-12-10-29(11-13(2)30-12)19-27-17-15(6-4-8-25-17)18(28-19)26-9-14-5-3-7-24-16(14)20(21,22)23/h3-8,12-13H,9-11H2,1-2H3,(H,25,26,27,28)/t12-,13?/m0/s1. The zero-order valence-corrected chi connectivity index (χ0v) is 16.5.